The van der Waals surface area contributed by atoms with Crippen LogP contribution in [0.4, 0.5) is 0 Å². The van der Waals surface area contributed by atoms with Gasteiger partial charge in [0.2, 0.25) is 0 Å². The van der Waals surface area contributed by atoms with Crippen LogP contribution in [0.5, 0.6) is 0 Å². The maximum absolute atomic E-state index is 12.3. The van der Waals surface area contributed by atoms with Gasteiger partial charge in [0, 0.05) is 15.8 Å². The monoisotopic (exact) mass is 309 g/mol. The first-order valence-electron chi connectivity index (χ1n) is 7.40. The summed E-state index contributed by atoms with van der Waals surface area (Å²) in [5.74, 6) is -0.647. The van der Waals surface area contributed by atoms with Crippen molar-refractivity contribution in [2.45, 2.75) is 65.0 Å². The molecule has 0 fully saturated rings. The van der Waals surface area contributed by atoms with E-state index in [1.165, 1.54) is 11.3 Å². The molecule has 116 valence electrons. The SMILES string of the molecule is C[C@H](OC(=O)c1csc2c1CCCC2)C(=O)NC(C)(C)C. The number of hydrogen-bond donors (Lipinski definition) is 1. The van der Waals surface area contributed by atoms with Crippen LogP contribution in [0.15, 0.2) is 5.38 Å². The van der Waals surface area contributed by atoms with Crippen molar-refractivity contribution in [3.05, 3.63) is 21.4 Å². The van der Waals surface area contributed by atoms with Crippen molar-refractivity contribution in [1.82, 2.24) is 5.32 Å². The molecule has 0 spiro atoms. The Bertz CT molecular complexity index is 542. The molecule has 1 aliphatic rings. The third kappa shape index (κ3) is 4.06. The molecular formula is C16H23NO3S. The Hall–Kier alpha value is -1.36. The highest BCUT2D eigenvalue weighted by molar-refractivity contribution is 7.10. The van der Waals surface area contributed by atoms with Gasteiger partial charge in [-0.05, 0) is 58.9 Å². The standard InChI is InChI=1S/C16H23NO3S/c1-10(14(18)17-16(2,3)4)20-15(19)12-9-21-13-8-6-5-7-11(12)13/h9-10H,5-8H2,1-4H3,(H,17,18)/t10-/m0/s1. The van der Waals surface area contributed by atoms with Crippen LogP contribution >= 0.6 is 11.3 Å². The number of ether oxygens (including phenoxy) is 1. The predicted molar refractivity (Wildman–Crippen MR) is 83.7 cm³/mol. The molecule has 5 heteroatoms. The number of fused-ring (bicyclic) bond motifs is 1. The number of carbonyl (C=O) groups is 2. The molecule has 4 nitrogen and oxygen atoms in total. The molecule has 1 heterocycles. The first kappa shape index (κ1) is 16.0. The van der Waals surface area contributed by atoms with Crippen LogP contribution in [-0.4, -0.2) is 23.5 Å². The first-order valence-corrected chi connectivity index (χ1v) is 8.28. The number of carbonyl (C=O) groups excluding carboxylic acids is 2. The molecular weight excluding hydrogens is 286 g/mol. The van der Waals surface area contributed by atoms with Crippen LogP contribution in [0.25, 0.3) is 0 Å². The van der Waals surface area contributed by atoms with Crippen LogP contribution in [0.2, 0.25) is 0 Å². The average Bonchev–Trinajstić information content (AvgIpc) is 2.80. The zero-order chi connectivity index (χ0) is 15.6. The van der Waals surface area contributed by atoms with E-state index in [1.807, 2.05) is 26.2 Å². The molecule has 0 aliphatic heterocycles. The van der Waals surface area contributed by atoms with Crippen molar-refractivity contribution in [2.24, 2.45) is 0 Å². The average molecular weight is 309 g/mol. The third-order valence-corrected chi connectivity index (χ3v) is 4.52. The number of amides is 1. The third-order valence-electron chi connectivity index (χ3n) is 3.43. The van der Waals surface area contributed by atoms with E-state index in [9.17, 15) is 9.59 Å². The van der Waals surface area contributed by atoms with Crippen molar-refractivity contribution in [3.63, 3.8) is 0 Å². The summed E-state index contributed by atoms with van der Waals surface area (Å²) in [6.07, 6.45) is 3.51. The largest absolute Gasteiger partial charge is 0.449 e. The summed E-state index contributed by atoms with van der Waals surface area (Å²) in [4.78, 5) is 25.5. The fourth-order valence-corrected chi connectivity index (χ4v) is 3.53. The van der Waals surface area contributed by atoms with Crippen LogP contribution in [0.3, 0.4) is 0 Å². The number of nitrogens with one attached hydrogen (secondary N) is 1. The molecule has 0 saturated heterocycles. The quantitative estimate of drug-likeness (QED) is 0.873. The van der Waals surface area contributed by atoms with Crippen molar-refractivity contribution in [1.29, 1.82) is 0 Å². The smallest absolute Gasteiger partial charge is 0.340 e. The first-order chi connectivity index (χ1) is 9.78. The fourth-order valence-electron chi connectivity index (χ4n) is 2.41. The molecule has 0 bridgehead atoms. The Morgan fingerprint density at radius 2 is 1.95 bits per heavy atom. The van der Waals surface area contributed by atoms with Gasteiger partial charge in [-0.1, -0.05) is 0 Å². The van der Waals surface area contributed by atoms with Gasteiger partial charge in [0.15, 0.2) is 6.10 Å². The maximum atomic E-state index is 12.3. The minimum Gasteiger partial charge on any atom is -0.449 e. The van der Waals surface area contributed by atoms with Gasteiger partial charge in [-0.15, -0.1) is 11.3 Å². The molecule has 1 atom stereocenters. The van der Waals surface area contributed by atoms with Crippen LogP contribution < -0.4 is 5.32 Å². The van der Waals surface area contributed by atoms with E-state index >= 15 is 0 Å². The second kappa shape index (κ2) is 6.18. The van der Waals surface area contributed by atoms with E-state index in [4.69, 9.17) is 4.74 Å². The molecule has 0 unspecified atom stereocenters. The zero-order valence-corrected chi connectivity index (χ0v) is 13.9. The molecule has 1 aromatic rings. The maximum Gasteiger partial charge on any atom is 0.340 e. The van der Waals surface area contributed by atoms with Crippen LogP contribution in [0, 0.1) is 0 Å². The normalized spacial score (nSPS) is 16.0. The van der Waals surface area contributed by atoms with Gasteiger partial charge in [0.25, 0.3) is 5.91 Å². The molecule has 0 saturated carbocycles. The summed E-state index contributed by atoms with van der Waals surface area (Å²) in [6, 6.07) is 0. The van der Waals surface area contributed by atoms with E-state index in [-0.39, 0.29) is 17.4 Å². The molecule has 1 aromatic heterocycles. The van der Waals surface area contributed by atoms with Crippen LogP contribution in [0.1, 0.15) is 61.3 Å². The summed E-state index contributed by atoms with van der Waals surface area (Å²) in [7, 11) is 0. The minimum atomic E-state index is -0.782. The Labute approximate surface area is 129 Å². The summed E-state index contributed by atoms with van der Waals surface area (Å²) in [6.45, 7) is 7.30. The zero-order valence-electron chi connectivity index (χ0n) is 13.1. The van der Waals surface area contributed by atoms with Gasteiger partial charge in [-0.25, -0.2) is 4.79 Å². The van der Waals surface area contributed by atoms with E-state index in [2.05, 4.69) is 5.32 Å². The van der Waals surface area contributed by atoms with Crippen LogP contribution in [-0.2, 0) is 22.4 Å². The van der Waals surface area contributed by atoms with Crippen molar-refractivity contribution in [3.8, 4) is 0 Å². The molecule has 0 radical (unpaired) electrons. The molecule has 2 rings (SSSR count). The van der Waals surface area contributed by atoms with Gasteiger partial charge < -0.3 is 10.1 Å². The number of thiophene rings is 1. The second-order valence-electron chi connectivity index (χ2n) is 6.55. The molecule has 1 amide bonds. The number of rotatable bonds is 3. The number of aryl methyl sites for hydroxylation is 1. The minimum absolute atomic E-state index is 0.264. The lowest BCUT2D eigenvalue weighted by Gasteiger charge is -2.23. The topological polar surface area (TPSA) is 55.4 Å². The highest BCUT2D eigenvalue weighted by atomic mass is 32.1. The Morgan fingerprint density at radius 1 is 1.29 bits per heavy atom. The van der Waals surface area contributed by atoms with E-state index in [0.717, 1.165) is 24.8 Å². The van der Waals surface area contributed by atoms with Gasteiger partial charge in [-0.3, -0.25) is 4.79 Å². The fraction of sp³-hybridized carbons (Fsp3) is 0.625. The van der Waals surface area contributed by atoms with E-state index in [0.29, 0.717) is 5.56 Å². The summed E-state index contributed by atoms with van der Waals surface area (Å²) in [5, 5.41) is 4.69. The number of esters is 1. The van der Waals surface area contributed by atoms with E-state index in [1.54, 1.807) is 18.3 Å². The van der Waals surface area contributed by atoms with Gasteiger partial charge in [-0.2, -0.15) is 0 Å². The van der Waals surface area contributed by atoms with Gasteiger partial charge in [0.05, 0.1) is 5.56 Å². The lowest BCUT2D eigenvalue weighted by molar-refractivity contribution is -0.130. The summed E-state index contributed by atoms with van der Waals surface area (Å²) >= 11 is 1.62. The summed E-state index contributed by atoms with van der Waals surface area (Å²) in [5.41, 5.74) is 1.43. The lowest BCUT2D eigenvalue weighted by Crippen LogP contribution is -2.46. The Kier molecular flexibility index (Phi) is 4.71. The molecule has 21 heavy (non-hydrogen) atoms. The molecule has 0 aromatic carbocycles. The van der Waals surface area contributed by atoms with Crippen molar-refractivity contribution >= 4 is 23.2 Å². The van der Waals surface area contributed by atoms with E-state index < -0.39 is 6.10 Å². The summed E-state index contributed by atoms with van der Waals surface area (Å²) < 4.78 is 5.32. The van der Waals surface area contributed by atoms with Crippen molar-refractivity contribution < 1.29 is 14.3 Å². The lowest BCUT2D eigenvalue weighted by atomic mass is 9.96. The molecule has 1 aliphatic carbocycles. The van der Waals surface area contributed by atoms with Gasteiger partial charge in [0.1, 0.15) is 0 Å². The predicted octanol–water partition coefficient (Wildman–Crippen LogP) is 3.09. The van der Waals surface area contributed by atoms with Gasteiger partial charge >= 0.3 is 5.97 Å². The Morgan fingerprint density at radius 3 is 2.62 bits per heavy atom. The molecule has 1 N–H and O–H groups in total. The highest BCUT2D eigenvalue weighted by Gasteiger charge is 2.26. The highest BCUT2D eigenvalue weighted by Crippen LogP contribution is 2.30. The Balaban J connectivity index is 2.01. The van der Waals surface area contributed by atoms with Crippen molar-refractivity contribution in [2.75, 3.05) is 0 Å². The second-order valence-corrected chi connectivity index (χ2v) is 7.51. The number of hydrogen-bond acceptors (Lipinski definition) is 4.